The highest BCUT2D eigenvalue weighted by Crippen LogP contribution is 2.39. The highest BCUT2D eigenvalue weighted by molar-refractivity contribution is 6.44. The molecule has 5 heteroatoms. The summed E-state index contributed by atoms with van der Waals surface area (Å²) < 4.78 is 5.83. The van der Waals surface area contributed by atoms with Crippen molar-refractivity contribution in [1.82, 2.24) is 0 Å². The number of benzene rings is 2. The molecule has 1 nitrogen and oxygen atoms in total. The predicted molar refractivity (Wildman–Crippen MR) is 81.9 cm³/mol. The van der Waals surface area contributed by atoms with Gasteiger partial charge in [-0.1, -0.05) is 82.8 Å². The number of halogens is 4. The fourth-order valence-electron chi connectivity index (χ4n) is 1.63. The molecule has 100 valence electrons. The van der Waals surface area contributed by atoms with E-state index in [2.05, 4.69) is 0 Å². The first-order chi connectivity index (χ1) is 9.09. The molecule has 0 atom stereocenters. The number of hydrogen-bond acceptors (Lipinski definition) is 1. The lowest BCUT2D eigenvalue weighted by molar-refractivity contribution is 0.473. The van der Waals surface area contributed by atoms with Crippen molar-refractivity contribution in [1.29, 1.82) is 0 Å². The van der Waals surface area contributed by atoms with E-state index in [9.17, 15) is 0 Å². The van der Waals surface area contributed by atoms with Crippen molar-refractivity contribution in [2.75, 3.05) is 0 Å². The van der Waals surface area contributed by atoms with E-state index in [1.165, 1.54) is 0 Å². The maximum absolute atomic E-state index is 5.91. The summed E-state index contributed by atoms with van der Waals surface area (Å²) in [7, 11) is 0. The molecule has 0 fully saturated rings. The van der Waals surface area contributed by atoms with E-state index >= 15 is 0 Å². The minimum Gasteiger partial charge on any atom is -0.457 e. The number of hydrogen-bond donors (Lipinski definition) is 0. The molecule has 0 heterocycles. The van der Waals surface area contributed by atoms with Gasteiger partial charge >= 0.3 is 0 Å². The van der Waals surface area contributed by atoms with Gasteiger partial charge in [-0.25, -0.2) is 0 Å². The molecule has 0 radical (unpaired) electrons. The molecule has 2 rings (SSSR count). The monoisotopic (exact) mass is 334 g/mol. The van der Waals surface area contributed by atoms with Crippen molar-refractivity contribution in [3.8, 4) is 11.5 Å². The molecule has 0 aliphatic carbocycles. The Morgan fingerprint density at radius 1 is 0.632 bits per heavy atom. The van der Waals surface area contributed by atoms with Gasteiger partial charge in [0.05, 0.1) is 0 Å². The van der Waals surface area contributed by atoms with Gasteiger partial charge < -0.3 is 4.74 Å². The average molecular weight is 336 g/mol. The fourth-order valence-corrected chi connectivity index (χ4v) is 2.35. The van der Waals surface area contributed by atoms with Crippen molar-refractivity contribution in [3.63, 3.8) is 0 Å². The summed E-state index contributed by atoms with van der Waals surface area (Å²) in [6.45, 7) is 0. The van der Waals surface area contributed by atoms with Crippen LogP contribution >= 0.6 is 46.4 Å². The lowest BCUT2D eigenvalue weighted by Gasteiger charge is -2.14. The highest BCUT2D eigenvalue weighted by atomic mass is 35.5. The Morgan fingerprint density at radius 3 is 1.37 bits per heavy atom. The normalized spacial score (nSPS) is 11.1. The van der Waals surface area contributed by atoms with Gasteiger partial charge in [-0.15, -0.1) is 0 Å². The molecule has 0 saturated heterocycles. The molecule has 0 aliphatic heterocycles. The molecule has 0 aromatic heterocycles. The molecule has 19 heavy (non-hydrogen) atoms. The summed E-state index contributed by atoms with van der Waals surface area (Å²) in [6, 6.07) is 14.6. The van der Waals surface area contributed by atoms with E-state index in [-0.39, 0.29) is 0 Å². The van der Waals surface area contributed by atoms with Crippen molar-refractivity contribution >= 4 is 46.4 Å². The number of para-hydroxylation sites is 2. The Labute approximate surface area is 132 Å². The molecule has 0 bridgehead atoms. The Kier molecular flexibility index (Phi) is 5.23. The van der Waals surface area contributed by atoms with Crippen LogP contribution in [0.2, 0.25) is 0 Å². The SMILES string of the molecule is ClC(Cl)c1ccccc1Oc1ccccc1C(Cl)Cl. The van der Waals surface area contributed by atoms with E-state index in [0.717, 1.165) is 0 Å². The van der Waals surface area contributed by atoms with E-state index < -0.39 is 9.67 Å². The van der Waals surface area contributed by atoms with Crippen LogP contribution in [-0.2, 0) is 0 Å². The van der Waals surface area contributed by atoms with Gasteiger partial charge in [0.1, 0.15) is 21.2 Å². The zero-order chi connectivity index (χ0) is 13.8. The summed E-state index contributed by atoms with van der Waals surface area (Å²) >= 11 is 23.6. The van der Waals surface area contributed by atoms with Crippen LogP contribution in [0.3, 0.4) is 0 Å². The maximum Gasteiger partial charge on any atom is 0.136 e. The minimum absolute atomic E-state index is 0.582. The Bertz CT molecular complexity index is 505. The van der Waals surface area contributed by atoms with Gasteiger partial charge in [-0.3, -0.25) is 0 Å². The summed E-state index contributed by atoms with van der Waals surface area (Å²) in [4.78, 5) is -1.32. The van der Waals surface area contributed by atoms with Crippen LogP contribution in [0, 0.1) is 0 Å². The molecule has 0 unspecified atom stereocenters. The number of alkyl halides is 4. The first-order valence-corrected chi connectivity index (χ1v) is 7.26. The predicted octanol–water partition coefficient (Wildman–Crippen LogP) is 6.43. The summed E-state index contributed by atoms with van der Waals surface area (Å²) in [5.74, 6) is 1.16. The van der Waals surface area contributed by atoms with Crippen molar-refractivity contribution in [3.05, 3.63) is 59.7 Å². The van der Waals surface area contributed by atoms with E-state index in [0.29, 0.717) is 22.6 Å². The topological polar surface area (TPSA) is 9.23 Å². The summed E-state index contributed by atoms with van der Waals surface area (Å²) in [5.41, 5.74) is 1.39. The highest BCUT2D eigenvalue weighted by Gasteiger charge is 2.15. The van der Waals surface area contributed by atoms with Crippen molar-refractivity contribution in [2.45, 2.75) is 9.67 Å². The van der Waals surface area contributed by atoms with Gasteiger partial charge in [0, 0.05) is 11.1 Å². The Morgan fingerprint density at radius 2 is 1.00 bits per heavy atom. The zero-order valence-corrected chi connectivity index (χ0v) is 12.7. The molecule has 0 N–H and O–H groups in total. The first kappa shape index (κ1) is 14.8. The van der Waals surface area contributed by atoms with Gasteiger partial charge in [0.15, 0.2) is 0 Å². The van der Waals surface area contributed by atoms with Crippen LogP contribution in [0.5, 0.6) is 11.5 Å². The minimum atomic E-state index is -0.661. The third kappa shape index (κ3) is 3.70. The molecule has 0 spiro atoms. The Hall–Kier alpha value is -0.600. The summed E-state index contributed by atoms with van der Waals surface area (Å²) in [5, 5.41) is 0. The van der Waals surface area contributed by atoms with Gasteiger partial charge in [-0.05, 0) is 12.1 Å². The van der Waals surface area contributed by atoms with Crippen LogP contribution in [0.25, 0.3) is 0 Å². The smallest absolute Gasteiger partial charge is 0.136 e. The largest absolute Gasteiger partial charge is 0.457 e. The van der Waals surface area contributed by atoms with Crippen LogP contribution < -0.4 is 4.74 Å². The Balaban J connectivity index is 2.37. The number of rotatable bonds is 4. The second-order valence-electron chi connectivity index (χ2n) is 3.78. The molecule has 0 saturated carbocycles. The van der Waals surface area contributed by atoms with E-state index in [1.54, 1.807) is 12.1 Å². The molecule has 0 aliphatic rings. The second-order valence-corrected chi connectivity index (χ2v) is 5.97. The van der Waals surface area contributed by atoms with Crippen LogP contribution in [0.15, 0.2) is 48.5 Å². The maximum atomic E-state index is 5.91. The fraction of sp³-hybridized carbons (Fsp3) is 0.143. The van der Waals surface area contributed by atoms with Crippen molar-refractivity contribution in [2.24, 2.45) is 0 Å². The lowest BCUT2D eigenvalue weighted by atomic mass is 10.2. The summed E-state index contributed by atoms with van der Waals surface area (Å²) in [6.07, 6.45) is 0. The first-order valence-electron chi connectivity index (χ1n) is 5.51. The third-order valence-corrected chi connectivity index (χ3v) is 3.47. The molecule has 2 aromatic carbocycles. The number of ether oxygens (including phenoxy) is 1. The van der Waals surface area contributed by atoms with Gasteiger partial charge in [-0.2, -0.15) is 0 Å². The average Bonchev–Trinajstić information content (AvgIpc) is 2.39. The standard InChI is InChI=1S/C14H10Cl4O/c15-13(16)9-5-1-3-7-11(9)19-12-8-4-2-6-10(12)14(17)18/h1-8,13-14H. The second kappa shape index (κ2) is 6.71. The van der Waals surface area contributed by atoms with Gasteiger partial charge in [0.2, 0.25) is 0 Å². The molecular weight excluding hydrogens is 326 g/mol. The van der Waals surface area contributed by atoms with Gasteiger partial charge in [0.25, 0.3) is 0 Å². The molecule has 2 aromatic rings. The van der Waals surface area contributed by atoms with Crippen LogP contribution in [-0.4, -0.2) is 0 Å². The molecular formula is C14H10Cl4O. The van der Waals surface area contributed by atoms with Crippen LogP contribution in [0.4, 0.5) is 0 Å². The van der Waals surface area contributed by atoms with E-state index in [1.807, 2.05) is 36.4 Å². The zero-order valence-electron chi connectivity index (χ0n) is 9.69. The quantitative estimate of drug-likeness (QED) is 0.585. The van der Waals surface area contributed by atoms with Crippen molar-refractivity contribution < 1.29 is 4.74 Å². The van der Waals surface area contributed by atoms with E-state index in [4.69, 9.17) is 51.1 Å². The third-order valence-electron chi connectivity index (χ3n) is 2.53. The van der Waals surface area contributed by atoms with Crippen LogP contribution in [0.1, 0.15) is 20.8 Å². The molecule has 0 amide bonds. The lowest BCUT2D eigenvalue weighted by Crippen LogP contribution is -1.94.